The number of esters is 1. The van der Waals surface area contributed by atoms with Crippen LogP contribution in [-0.4, -0.2) is 205 Å². The topological polar surface area (TPSA) is 244 Å². The van der Waals surface area contributed by atoms with Gasteiger partial charge in [0.2, 0.25) is 0 Å². The number of aliphatic carboxylic acids is 1. The van der Waals surface area contributed by atoms with Crippen molar-refractivity contribution in [3.8, 4) is 11.5 Å². The van der Waals surface area contributed by atoms with Crippen LogP contribution in [0.15, 0.2) is 30.6 Å². The van der Waals surface area contributed by atoms with Crippen LogP contribution in [0.2, 0.25) is 10.0 Å². The number of cyclic esters (lactones) is 1. The lowest BCUT2D eigenvalue weighted by molar-refractivity contribution is -0.318. The molecular weight excluding hydrogens is 1200 g/mol. The standard InChI is InChI=1S/C64H98Cl2N4O17S/c1-15-48-37(4)52(56(59(74)75)88-27-24-70(34-44-45(65)32-67-33-46(44)66)42-20-21-49(78-12)50(29-42)84-43-18-16-17-19-43)38(5)53(71)35(2)30-64(10,80-14)58(87-61-54(72)47(28-36(3)82-61)68(11)62(77)69-22-25-81-26-23-69)39(6)55(40(7)60(76)85-48)86-51-31-63(9,79-13)57(73)41(8)83-51/h20-21,29,32-33,35-41,43,47-48,51-52,54-58,61,72-73H,15-19,22-28,30-31,34H2,1-14H3,(H,74,75)/t35-,36-,37+,38-,39+,40-,41+,47+,48-,51+,52+,54-,55+,56+,57+,58-,61+,63-,64-/m1/s1. The summed E-state index contributed by atoms with van der Waals surface area (Å²) in [5.74, 6) is -5.89. The van der Waals surface area contributed by atoms with Gasteiger partial charge in [-0.25, -0.2) is 4.79 Å². The maximum absolute atomic E-state index is 15.6. The fourth-order valence-electron chi connectivity index (χ4n) is 14.0. The van der Waals surface area contributed by atoms with Crippen LogP contribution in [0.3, 0.4) is 0 Å². The second kappa shape index (κ2) is 31.7. The molecule has 0 spiro atoms. The third kappa shape index (κ3) is 16.7. The number of anilines is 1. The van der Waals surface area contributed by atoms with E-state index in [1.54, 1.807) is 60.6 Å². The molecule has 1 aromatic heterocycles. The first-order chi connectivity index (χ1) is 41.7. The van der Waals surface area contributed by atoms with E-state index in [-0.39, 0.29) is 55.9 Å². The largest absolute Gasteiger partial charge is 0.493 e. The summed E-state index contributed by atoms with van der Waals surface area (Å²) in [5, 5.41) is 34.7. The van der Waals surface area contributed by atoms with Gasteiger partial charge in [-0.3, -0.25) is 19.4 Å². The molecule has 4 aliphatic heterocycles. The molecule has 2 amide bonds. The summed E-state index contributed by atoms with van der Waals surface area (Å²) >= 11 is 14.7. The number of carbonyl (C=O) groups is 4. The number of methoxy groups -OCH3 is 3. The first-order valence-corrected chi connectivity index (χ1v) is 33.1. The van der Waals surface area contributed by atoms with Gasteiger partial charge in [0.05, 0.1) is 84.1 Å². The molecule has 3 N–H and O–H groups in total. The number of aliphatic hydroxyl groups excluding tert-OH is 2. The van der Waals surface area contributed by atoms with Crippen LogP contribution in [0, 0.1) is 35.5 Å². The molecular formula is C64H98Cl2N4O17S. The fraction of sp³-hybridized carbons (Fsp3) is 0.766. The molecule has 24 heteroatoms. The monoisotopic (exact) mass is 1300 g/mol. The Bertz CT molecular complexity index is 2620. The lowest BCUT2D eigenvalue weighted by Gasteiger charge is -2.50. The maximum atomic E-state index is 15.6. The van der Waals surface area contributed by atoms with Crippen molar-refractivity contribution in [2.24, 2.45) is 35.5 Å². The van der Waals surface area contributed by atoms with Gasteiger partial charge in [-0.05, 0) is 104 Å². The Hall–Kier alpha value is -3.78. The van der Waals surface area contributed by atoms with Crippen molar-refractivity contribution >= 4 is 64.4 Å². The number of pyridine rings is 1. The van der Waals surface area contributed by atoms with Crippen molar-refractivity contribution in [1.29, 1.82) is 0 Å². The van der Waals surface area contributed by atoms with E-state index < -0.39 is 125 Å². The number of ether oxygens (including phenoxy) is 10. The first-order valence-electron chi connectivity index (χ1n) is 31.3. The van der Waals surface area contributed by atoms with Crippen LogP contribution in [0.1, 0.15) is 126 Å². The molecule has 7 rings (SSSR count). The van der Waals surface area contributed by atoms with E-state index >= 15 is 9.59 Å². The molecule has 88 heavy (non-hydrogen) atoms. The summed E-state index contributed by atoms with van der Waals surface area (Å²) in [6.45, 7) is 20.0. The highest BCUT2D eigenvalue weighted by molar-refractivity contribution is 8.00. The van der Waals surface area contributed by atoms with Gasteiger partial charge in [-0.15, -0.1) is 11.8 Å². The van der Waals surface area contributed by atoms with Gasteiger partial charge < -0.3 is 77.4 Å². The zero-order valence-corrected chi connectivity index (χ0v) is 56.2. The highest BCUT2D eigenvalue weighted by Crippen LogP contribution is 2.45. The number of carbonyl (C=O) groups excluding carboxylic acids is 3. The number of ketones is 1. The summed E-state index contributed by atoms with van der Waals surface area (Å²) in [5.41, 5.74) is -1.18. The lowest BCUT2D eigenvalue weighted by atomic mass is 9.71. The molecule has 5 heterocycles. The Morgan fingerprint density at radius 3 is 2.16 bits per heavy atom. The van der Waals surface area contributed by atoms with Crippen LogP contribution >= 0.6 is 35.0 Å². The predicted octanol–water partition coefficient (Wildman–Crippen LogP) is 9.33. The van der Waals surface area contributed by atoms with Gasteiger partial charge in [-0.1, -0.05) is 57.8 Å². The van der Waals surface area contributed by atoms with E-state index in [2.05, 4.69) is 4.98 Å². The van der Waals surface area contributed by atoms with Crippen molar-refractivity contribution < 1.29 is 81.9 Å². The lowest BCUT2D eigenvalue weighted by Crippen LogP contribution is -2.62. The van der Waals surface area contributed by atoms with E-state index in [4.69, 9.17) is 70.6 Å². The molecule has 496 valence electrons. The third-order valence-electron chi connectivity index (χ3n) is 19.4. The van der Waals surface area contributed by atoms with Crippen molar-refractivity contribution in [1.82, 2.24) is 14.8 Å². The molecule has 19 atom stereocenters. The highest BCUT2D eigenvalue weighted by atomic mass is 35.5. The molecule has 0 unspecified atom stereocenters. The number of aliphatic hydroxyl groups is 2. The Kier molecular flexibility index (Phi) is 25.8. The smallest absolute Gasteiger partial charge is 0.320 e. The van der Waals surface area contributed by atoms with E-state index in [0.29, 0.717) is 60.0 Å². The number of benzene rings is 1. The minimum absolute atomic E-state index is 0.0158. The van der Waals surface area contributed by atoms with E-state index in [0.717, 1.165) is 31.4 Å². The maximum Gasteiger partial charge on any atom is 0.320 e. The third-order valence-corrected chi connectivity index (χ3v) is 21.4. The molecule has 0 bridgehead atoms. The molecule has 0 radical (unpaired) electrons. The Labute approximate surface area is 534 Å². The molecule has 1 aliphatic carbocycles. The summed E-state index contributed by atoms with van der Waals surface area (Å²) in [7, 11) is 6.24. The van der Waals surface area contributed by atoms with Crippen LogP contribution in [0.25, 0.3) is 0 Å². The van der Waals surface area contributed by atoms with Crippen molar-refractivity contribution in [2.75, 3.05) is 71.9 Å². The van der Waals surface area contributed by atoms with Gasteiger partial charge in [0.1, 0.15) is 29.3 Å². The number of hydrogen-bond donors (Lipinski definition) is 3. The normalized spacial score (nSPS) is 35.2. The number of morpholine rings is 1. The number of hydrogen-bond acceptors (Lipinski definition) is 19. The molecule has 21 nitrogen and oxygen atoms in total. The van der Waals surface area contributed by atoms with Crippen molar-refractivity contribution in [2.45, 2.75) is 211 Å². The minimum Gasteiger partial charge on any atom is -0.493 e. The number of urea groups is 1. The van der Waals surface area contributed by atoms with Crippen LogP contribution in [0.5, 0.6) is 11.5 Å². The number of Topliss-reactive ketones (excluding diaryl/α,β-unsaturated/α-hetero) is 1. The van der Waals surface area contributed by atoms with Crippen molar-refractivity contribution in [3.05, 3.63) is 46.2 Å². The predicted molar refractivity (Wildman–Crippen MR) is 334 cm³/mol. The SMILES string of the molecule is CC[C@H]1OC(=O)[C@H](C)[C@@H](O[C@H]2C[C@@](C)(OC)[C@@H](O)[C@H](C)O2)[C@H](C)[C@@H](O[C@@H]2O[C@H](C)C[C@H](N(C)C(=O)N3CCOCC3)[C@H]2O)[C@](C)(OC)C[C@@H](C)C(=O)[C@H](C)[C@@H]([C@H](SCCN(Cc2c(Cl)cncc2Cl)c2ccc(OC)c(OC3CCCC3)c2)C(=O)O)[C@H]1C. The zero-order chi connectivity index (χ0) is 64.5. The number of nitrogens with zero attached hydrogens (tertiary/aromatic N) is 4. The second-order valence-electron chi connectivity index (χ2n) is 25.5. The number of rotatable bonds is 20. The Morgan fingerprint density at radius 2 is 1.55 bits per heavy atom. The molecule has 1 saturated carbocycles. The number of carboxylic acid groups (broad SMARTS) is 1. The number of carboxylic acids is 1. The molecule has 1 aromatic carbocycles. The number of thioether (sulfide) groups is 1. The number of amides is 2. The highest BCUT2D eigenvalue weighted by Gasteiger charge is 2.54. The van der Waals surface area contributed by atoms with Gasteiger partial charge in [0.25, 0.3) is 0 Å². The molecule has 5 aliphatic rings. The Balaban J connectivity index is 1.26. The summed E-state index contributed by atoms with van der Waals surface area (Å²) in [4.78, 5) is 68.3. The van der Waals surface area contributed by atoms with Gasteiger partial charge >= 0.3 is 18.0 Å². The number of halogens is 2. The van der Waals surface area contributed by atoms with Crippen LogP contribution in [-0.2, 0) is 58.8 Å². The van der Waals surface area contributed by atoms with E-state index in [1.165, 1.54) is 43.3 Å². The van der Waals surface area contributed by atoms with Gasteiger partial charge in [0, 0.05) is 107 Å². The zero-order valence-electron chi connectivity index (χ0n) is 53.9. The number of likely N-dealkylation sites (N-methyl/N-ethyl adjacent to an activating group) is 1. The Morgan fingerprint density at radius 1 is 0.886 bits per heavy atom. The summed E-state index contributed by atoms with van der Waals surface area (Å²) in [6, 6.07) is 4.63. The average Bonchev–Trinajstić information content (AvgIpc) is 1.11. The summed E-state index contributed by atoms with van der Waals surface area (Å²) in [6.07, 6.45) is -1.52. The van der Waals surface area contributed by atoms with Crippen LogP contribution < -0.4 is 14.4 Å². The van der Waals surface area contributed by atoms with E-state index in [1.807, 2.05) is 50.8 Å². The molecule has 4 saturated heterocycles. The average molecular weight is 1300 g/mol. The van der Waals surface area contributed by atoms with Crippen LogP contribution in [0.4, 0.5) is 10.5 Å². The second-order valence-corrected chi connectivity index (χ2v) is 27.5. The first kappa shape index (κ1) is 71.7. The molecule has 5 fully saturated rings. The number of aromatic nitrogens is 1. The molecule has 2 aromatic rings. The van der Waals surface area contributed by atoms with Gasteiger partial charge in [0.15, 0.2) is 24.1 Å². The van der Waals surface area contributed by atoms with Gasteiger partial charge in [-0.2, -0.15) is 0 Å². The van der Waals surface area contributed by atoms with Crippen molar-refractivity contribution in [3.63, 3.8) is 0 Å². The minimum atomic E-state index is -1.43. The summed E-state index contributed by atoms with van der Waals surface area (Å²) < 4.78 is 63.8. The quantitative estimate of drug-likeness (QED) is 0.105. The van der Waals surface area contributed by atoms with E-state index in [9.17, 15) is 24.9 Å². The fourth-order valence-corrected chi connectivity index (χ4v) is 15.9.